The largest absolute Gasteiger partial charge is 0.481 e. The summed E-state index contributed by atoms with van der Waals surface area (Å²) < 4.78 is 39.0. The first-order chi connectivity index (χ1) is 14.3. The summed E-state index contributed by atoms with van der Waals surface area (Å²) in [5.41, 5.74) is 1.39. The van der Waals surface area contributed by atoms with Crippen LogP contribution < -0.4 is 0 Å². The van der Waals surface area contributed by atoms with Crippen LogP contribution in [0.3, 0.4) is 0 Å². The van der Waals surface area contributed by atoms with E-state index >= 15 is 0 Å². The molecule has 2 aromatic carbocycles. The van der Waals surface area contributed by atoms with E-state index in [4.69, 9.17) is 0 Å². The van der Waals surface area contributed by atoms with Gasteiger partial charge >= 0.3 is 12.1 Å². The highest BCUT2D eigenvalue weighted by molar-refractivity contribution is 5.67. The highest BCUT2D eigenvalue weighted by Crippen LogP contribution is 2.41. The molecule has 0 radical (unpaired) electrons. The zero-order valence-electron chi connectivity index (χ0n) is 17.1. The smallest absolute Gasteiger partial charge is 0.416 e. The van der Waals surface area contributed by atoms with Crippen LogP contribution in [-0.4, -0.2) is 28.6 Å². The number of carboxylic acids is 1. The molecule has 1 fully saturated rings. The second kappa shape index (κ2) is 9.65. The van der Waals surface area contributed by atoms with E-state index in [1.54, 1.807) is 12.1 Å². The van der Waals surface area contributed by atoms with E-state index in [9.17, 15) is 23.1 Å². The predicted octanol–water partition coefficient (Wildman–Crippen LogP) is 5.95. The number of hydrogen-bond acceptors (Lipinski definition) is 2. The summed E-state index contributed by atoms with van der Waals surface area (Å²) in [6.07, 6.45) is -1.93. The minimum atomic E-state index is -4.36. The van der Waals surface area contributed by atoms with Gasteiger partial charge in [-0.3, -0.25) is 9.69 Å². The van der Waals surface area contributed by atoms with Gasteiger partial charge in [-0.15, -0.1) is 0 Å². The minimum absolute atomic E-state index is 0.00838. The molecule has 0 aromatic heterocycles. The van der Waals surface area contributed by atoms with E-state index in [0.29, 0.717) is 6.42 Å². The first kappa shape index (κ1) is 22.3. The summed E-state index contributed by atoms with van der Waals surface area (Å²) in [5, 5.41) is 9.23. The molecule has 1 aliphatic rings. The number of alkyl halides is 3. The molecule has 0 aliphatic heterocycles. The molecule has 3 nitrogen and oxygen atoms in total. The zero-order chi connectivity index (χ0) is 21.7. The normalized spacial score (nSPS) is 22.2. The van der Waals surface area contributed by atoms with Crippen molar-refractivity contribution in [2.45, 2.75) is 57.3 Å². The topological polar surface area (TPSA) is 40.5 Å². The maximum atomic E-state index is 13.0. The van der Waals surface area contributed by atoms with Gasteiger partial charge in [0.05, 0.1) is 5.56 Å². The van der Waals surface area contributed by atoms with Crippen LogP contribution in [0, 0.1) is 5.92 Å². The molecule has 0 spiro atoms. The average molecular weight is 419 g/mol. The average Bonchev–Trinajstić information content (AvgIpc) is 2.72. The van der Waals surface area contributed by atoms with Crippen LogP contribution in [-0.2, 0) is 17.5 Å². The third-order valence-corrected chi connectivity index (χ3v) is 6.16. The van der Waals surface area contributed by atoms with Crippen LogP contribution in [0.1, 0.15) is 55.2 Å². The number of rotatable bonds is 7. The van der Waals surface area contributed by atoms with E-state index < -0.39 is 17.7 Å². The van der Waals surface area contributed by atoms with Crippen molar-refractivity contribution in [3.63, 3.8) is 0 Å². The van der Waals surface area contributed by atoms with Gasteiger partial charge in [-0.2, -0.15) is 13.2 Å². The Morgan fingerprint density at radius 1 is 1.07 bits per heavy atom. The number of benzene rings is 2. The fourth-order valence-electron chi connectivity index (χ4n) is 4.67. The van der Waals surface area contributed by atoms with Gasteiger partial charge in [0.2, 0.25) is 0 Å². The van der Waals surface area contributed by atoms with Crippen molar-refractivity contribution >= 4 is 5.97 Å². The molecular formula is C24H28F3NO2. The molecule has 6 heteroatoms. The molecule has 30 heavy (non-hydrogen) atoms. The molecular weight excluding hydrogens is 391 g/mol. The number of halogens is 3. The maximum Gasteiger partial charge on any atom is 0.416 e. The molecule has 0 heterocycles. The Morgan fingerprint density at radius 2 is 1.73 bits per heavy atom. The Labute approximate surface area is 175 Å². The molecule has 2 aromatic rings. The summed E-state index contributed by atoms with van der Waals surface area (Å²) in [5.74, 6) is -0.767. The second-order valence-corrected chi connectivity index (χ2v) is 8.12. The van der Waals surface area contributed by atoms with Crippen molar-refractivity contribution in [1.29, 1.82) is 0 Å². The Morgan fingerprint density at radius 3 is 2.30 bits per heavy atom. The molecule has 3 atom stereocenters. The molecule has 1 aliphatic carbocycles. The van der Waals surface area contributed by atoms with Gasteiger partial charge < -0.3 is 5.11 Å². The third-order valence-electron chi connectivity index (χ3n) is 6.16. The third kappa shape index (κ3) is 5.63. The SMILES string of the molecule is CCN(Cc1ccccc1)[C@@H]1CC[C@@H](CC(=O)O)C[C@H]1c1ccc(C(F)(F)F)cc1. The predicted molar refractivity (Wildman–Crippen MR) is 110 cm³/mol. The molecule has 162 valence electrons. The van der Waals surface area contributed by atoms with E-state index in [0.717, 1.165) is 43.6 Å². The van der Waals surface area contributed by atoms with Crippen LogP contribution in [0.15, 0.2) is 54.6 Å². The lowest BCUT2D eigenvalue weighted by atomic mass is 9.73. The Hall–Kier alpha value is -2.34. The van der Waals surface area contributed by atoms with Crippen molar-refractivity contribution in [3.8, 4) is 0 Å². The fourth-order valence-corrected chi connectivity index (χ4v) is 4.67. The summed E-state index contributed by atoms with van der Waals surface area (Å²) in [4.78, 5) is 13.6. The van der Waals surface area contributed by atoms with E-state index in [1.165, 1.54) is 5.56 Å². The maximum absolute atomic E-state index is 13.0. The molecule has 0 saturated heterocycles. The zero-order valence-corrected chi connectivity index (χ0v) is 17.1. The van der Waals surface area contributed by atoms with Crippen molar-refractivity contribution in [1.82, 2.24) is 4.90 Å². The van der Waals surface area contributed by atoms with Crippen LogP contribution in [0.2, 0.25) is 0 Å². The van der Waals surface area contributed by atoms with Crippen molar-refractivity contribution in [2.24, 2.45) is 5.92 Å². The van der Waals surface area contributed by atoms with Crippen molar-refractivity contribution < 1.29 is 23.1 Å². The van der Waals surface area contributed by atoms with Crippen LogP contribution in [0.25, 0.3) is 0 Å². The number of likely N-dealkylation sites (N-methyl/N-ethyl adjacent to an activating group) is 1. The number of hydrogen-bond donors (Lipinski definition) is 1. The summed E-state index contributed by atoms with van der Waals surface area (Å²) in [6.45, 7) is 3.68. The van der Waals surface area contributed by atoms with E-state index in [2.05, 4.69) is 24.0 Å². The Kier molecular flexibility index (Phi) is 7.19. The Bertz CT molecular complexity index is 821. The van der Waals surface area contributed by atoms with Gasteiger partial charge in [0, 0.05) is 19.0 Å². The lowest BCUT2D eigenvalue weighted by molar-refractivity contribution is -0.139. The number of carbonyl (C=O) groups is 1. The first-order valence-electron chi connectivity index (χ1n) is 10.4. The molecule has 1 N–H and O–H groups in total. The van der Waals surface area contributed by atoms with E-state index in [1.807, 2.05) is 18.2 Å². The van der Waals surface area contributed by atoms with Gasteiger partial charge in [-0.05, 0) is 60.9 Å². The summed E-state index contributed by atoms with van der Waals surface area (Å²) in [7, 11) is 0. The molecule has 0 amide bonds. The highest BCUT2D eigenvalue weighted by atomic mass is 19.4. The quantitative estimate of drug-likeness (QED) is 0.602. The Balaban J connectivity index is 1.86. The van der Waals surface area contributed by atoms with Gasteiger partial charge in [0.15, 0.2) is 0 Å². The number of carboxylic acid groups (broad SMARTS) is 1. The van der Waals surface area contributed by atoms with Gasteiger partial charge in [-0.1, -0.05) is 49.4 Å². The van der Waals surface area contributed by atoms with Crippen LogP contribution >= 0.6 is 0 Å². The van der Waals surface area contributed by atoms with Crippen LogP contribution in [0.4, 0.5) is 13.2 Å². The first-order valence-corrected chi connectivity index (χ1v) is 10.4. The fraction of sp³-hybridized carbons (Fsp3) is 0.458. The standard InChI is InChI=1S/C24H28F3NO2/c1-2-28(16-17-6-4-3-5-7-17)22-13-8-18(15-23(29)30)14-21(22)19-9-11-20(12-10-19)24(25,26)27/h3-7,9-12,18,21-22H,2,8,13-16H2,1H3,(H,29,30)/t18-,21+,22-/m1/s1. The van der Waals surface area contributed by atoms with Crippen LogP contribution in [0.5, 0.6) is 0 Å². The minimum Gasteiger partial charge on any atom is -0.481 e. The molecule has 0 unspecified atom stereocenters. The number of aliphatic carboxylic acids is 1. The lowest BCUT2D eigenvalue weighted by Gasteiger charge is -2.42. The van der Waals surface area contributed by atoms with Crippen molar-refractivity contribution in [3.05, 3.63) is 71.3 Å². The van der Waals surface area contributed by atoms with Gasteiger partial charge in [-0.25, -0.2) is 0 Å². The molecule has 1 saturated carbocycles. The molecule has 3 rings (SSSR count). The molecule has 0 bridgehead atoms. The van der Waals surface area contributed by atoms with Gasteiger partial charge in [0.1, 0.15) is 0 Å². The second-order valence-electron chi connectivity index (χ2n) is 8.12. The summed E-state index contributed by atoms with van der Waals surface area (Å²) >= 11 is 0. The summed E-state index contributed by atoms with van der Waals surface area (Å²) in [6, 6.07) is 15.7. The van der Waals surface area contributed by atoms with Crippen molar-refractivity contribution in [2.75, 3.05) is 6.54 Å². The monoisotopic (exact) mass is 419 g/mol. The highest BCUT2D eigenvalue weighted by Gasteiger charge is 2.36. The van der Waals surface area contributed by atoms with E-state index in [-0.39, 0.29) is 24.3 Å². The van der Waals surface area contributed by atoms with Gasteiger partial charge in [0.25, 0.3) is 0 Å². The lowest BCUT2D eigenvalue weighted by Crippen LogP contribution is -2.42. The number of nitrogens with zero attached hydrogens (tertiary/aromatic N) is 1.